The molecule has 0 heterocycles. The molecule has 5 heteroatoms. The Morgan fingerprint density at radius 3 is 2.29 bits per heavy atom. The molecule has 0 aliphatic heterocycles. The lowest BCUT2D eigenvalue weighted by molar-refractivity contribution is -0.384. The zero-order valence-corrected chi connectivity index (χ0v) is 7.75. The maximum atomic E-state index is 10.3. The summed E-state index contributed by atoms with van der Waals surface area (Å²) in [5.41, 5.74) is 6.35. The van der Waals surface area contributed by atoms with E-state index in [4.69, 9.17) is 5.73 Å². The van der Waals surface area contributed by atoms with Gasteiger partial charge in [-0.25, -0.2) is 0 Å². The molecule has 0 fully saturated rings. The Hall–Kier alpha value is -1.46. The van der Waals surface area contributed by atoms with Gasteiger partial charge in [0.1, 0.15) is 0 Å². The normalized spacial score (nSPS) is 14.8. The van der Waals surface area contributed by atoms with Crippen molar-refractivity contribution in [3.05, 3.63) is 39.9 Å². The molecule has 0 aliphatic carbocycles. The molecule has 2 atom stereocenters. The number of non-ortho nitro benzene ring substituents is 1. The second-order valence-electron chi connectivity index (χ2n) is 3.12. The molecule has 1 aromatic carbocycles. The van der Waals surface area contributed by atoms with Gasteiger partial charge in [0.2, 0.25) is 0 Å². The molecule has 0 aliphatic rings. The minimum absolute atomic E-state index is 0.0199. The van der Waals surface area contributed by atoms with E-state index in [0.29, 0.717) is 5.56 Å². The van der Waals surface area contributed by atoms with Gasteiger partial charge in [-0.2, -0.15) is 0 Å². The molecular weight excluding hydrogens is 184 g/mol. The van der Waals surface area contributed by atoms with Gasteiger partial charge in [0, 0.05) is 12.1 Å². The van der Waals surface area contributed by atoms with Crippen LogP contribution in [0.5, 0.6) is 0 Å². The molecule has 0 unspecified atom stereocenters. The van der Waals surface area contributed by atoms with Gasteiger partial charge in [-0.15, -0.1) is 0 Å². The highest BCUT2D eigenvalue weighted by atomic mass is 16.6. The molecule has 5 nitrogen and oxygen atoms in total. The fourth-order valence-electron chi connectivity index (χ4n) is 1.10. The van der Waals surface area contributed by atoms with Crippen molar-refractivity contribution in [2.75, 3.05) is 0 Å². The Balaban J connectivity index is 2.88. The number of hydrogen-bond acceptors (Lipinski definition) is 4. The van der Waals surface area contributed by atoms with Crippen molar-refractivity contribution in [3.63, 3.8) is 0 Å². The number of aliphatic hydroxyl groups is 1. The van der Waals surface area contributed by atoms with Gasteiger partial charge in [-0.1, -0.05) is 12.1 Å². The first-order chi connectivity index (χ1) is 6.52. The molecular formula is C9H12N2O3. The number of rotatable bonds is 3. The van der Waals surface area contributed by atoms with Gasteiger partial charge in [0.25, 0.3) is 5.69 Å². The standard InChI is InChI=1S/C9H12N2O3/c1-6(12)9(10)7-2-4-8(5-3-7)11(13)14/h2-6,9,12H,10H2,1H3/t6-,9-/m1/s1. The number of nitrogens with two attached hydrogens (primary N) is 1. The molecule has 0 bridgehead atoms. The van der Waals surface area contributed by atoms with Crippen LogP contribution >= 0.6 is 0 Å². The SMILES string of the molecule is C[C@@H](O)[C@@H](N)c1ccc([N+](=O)[O-])cc1. The van der Waals surface area contributed by atoms with Crippen LogP contribution < -0.4 is 5.73 Å². The second-order valence-corrected chi connectivity index (χ2v) is 3.12. The van der Waals surface area contributed by atoms with Crippen molar-refractivity contribution in [2.45, 2.75) is 19.1 Å². The molecule has 0 spiro atoms. The highest BCUT2D eigenvalue weighted by molar-refractivity contribution is 5.34. The third-order valence-electron chi connectivity index (χ3n) is 2.01. The lowest BCUT2D eigenvalue weighted by Gasteiger charge is -2.14. The van der Waals surface area contributed by atoms with E-state index in [9.17, 15) is 15.2 Å². The number of nitrogens with zero attached hydrogens (tertiary/aromatic N) is 1. The van der Waals surface area contributed by atoms with E-state index in [2.05, 4.69) is 0 Å². The Morgan fingerprint density at radius 1 is 1.43 bits per heavy atom. The topological polar surface area (TPSA) is 89.4 Å². The summed E-state index contributed by atoms with van der Waals surface area (Å²) in [6.07, 6.45) is -0.670. The summed E-state index contributed by atoms with van der Waals surface area (Å²) in [5, 5.41) is 19.5. The van der Waals surface area contributed by atoms with Gasteiger partial charge < -0.3 is 10.8 Å². The van der Waals surface area contributed by atoms with Crippen molar-refractivity contribution in [2.24, 2.45) is 5.73 Å². The Kier molecular flexibility index (Phi) is 3.16. The highest BCUT2D eigenvalue weighted by Crippen LogP contribution is 2.18. The maximum absolute atomic E-state index is 10.3. The first kappa shape index (κ1) is 10.6. The molecule has 1 aromatic rings. The van der Waals surface area contributed by atoms with Crippen LogP contribution in [-0.2, 0) is 0 Å². The average molecular weight is 196 g/mol. The summed E-state index contributed by atoms with van der Waals surface area (Å²) >= 11 is 0. The molecule has 76 valence electrons. The Bertz CT molecular complexity index is 321. The molecule has 0 aromatic heterocycles. The number of nitro benzene ring substituents is 1. The fraction of sp³-hybridized carbons (Fsp3) is 0.333. The summed E-state index contributed by atoms with van der Waals surface area (Å²) in [5.74, 6) is 0. The Labute approximate surface area is 81.3 Å². The predicted octanol–water partition coefficient (Wildman–Crippen LogP) is 0.975. The van der Waals surface area contributed by atoms with Crippen molar-refractivity contribution >= 4 is 5.69 Å². The molecule has 1 rings (SSSR count). The largest absolute Gasteiger partial charge is 0.391 e. The zero-order valence-electron chi connectivity index (χ0n) is 7.75. The Morgan fingerprint density at radius 2 is 1.93 bits per heavy atom. The highest BCUT2D eigenvalue weighted by Gasteiger charge is 2.13. The monoisotopic (exact) mass is 196 g/mol. The van der Waals surface area contributed by atoms with Crippen LogP contribution in [-0.4, -0.2) is 16.1 Å². The van der Waals surface area contributed by atoms with E-state index in [0.717, 1.165) is 0 Å². The van der Waals surface area contributed by atoms with Crippen LogP contribution in [0.15, 0.2) is 24.3 Å². The van der Waals surface area contributed by atoms with Crippen molar-refractivity contribution < 1.29 is 10.0 Å². The van der Waals surface area contributed by atoms with Crippen molar-refractivity contribution in [3.8, 4) is 0 Å². The fourth-order valence-corrected chi connectivity index (χ4v) is 1.10. The number of hydrogen-bond donors (Lipinski definition) is 2. The van der Waals surface area contributed by atoms with Gasteiger partial charge in [-0.3, -0.25) is 10.1 Å². The molecule has 0 saturated carbocycles. The van der Waals surface area contributed by atoms with Crippen LogP contribution in [0.1, 0.15) is 18.5 Å². The average Bonchev–Trinajstić information content (AvgIpc) is 2.16. The lowest BCUT2D eigenvalue weighted by Crippen LogP contribution is -2.22. The van der Waals surface area contributed by atoms with Crippen LogP contribution in [0, 0.1) is 10.1 Å². The summed E-state index contributed by atoms with van der Waals surface area (Å²) in [6, 6.07) is 5.34. The van der Waals surface area contributed by atoms with E-state index >= 15 is 0 Å². The van der Waals surface area contributed by atoms with Crippen molar-refractivity contribution in [1.29, 1.82) is 0 Å². The third kappa shape index (κ3) is 2.27. The molecule has 0 radical (unpaired) electrons. The summed E-state index contributed by atoms with van der Waals surface area (Å²) < 4.78 is 0. The zero-order chi connectivity index (χ0) is 10.7. The molecule has 3 N–H and O–H groups in total. The summed E-state index contributed by atoms with van der Waals surface area (Å²) in [6.45, 7) is 1.58. The van der Waals surface area contributed by atoms with E-state index in [1.54, 1.807) is 19.1 Å². The van der Waals surface area contributed by atoms with E-state index in [-0.39, 0.29) is 5.69 Å². The molecule has 0 saturated heterocycles. The molecule has 0 amide bonds. The maximum Gasteiger partial charge on any atom is 0.269 e. The molecule has 14 heavy (non-hydrogen) atoms. The number of aliphatic hydroxyl groups excluding tert-OH is 1. The number of nitro groups is 1. The first-order valence-electron chi connectivity index (χ1n) is 4.20. The van der Waals surface area contributed by atoms with E-state index in [1.807, 2.05) is 0 Å². The second kappa shape index (κ2) is 4.17. The smallest absolute Gasteiger partial charge is 0.269 e. The van der Waals surface area contributed by atoms with Crippen LogP contribution in [0.2, 0.25) is 0 Å². The van der Waals surface area contributed by atoms with Gasteiger partial charge in [-0.05, 0) is 12.5 Å². The van der Waals surface area contributed by atoms with Gasteiger partial charge in [0.05, 0.1) is 17.1 Å². The van der Waals surface area contributed by atoms with Crippen LogP contribution in [0.4, 0.5) is 5.69 Å². The minimum atomic E-state index is -0.670. The van der Waals surface area contributed by atoms with E-state index < -0.39 is 17.1 Å². The summed E-state index contributed by atoms with van der Waals surface area (Å²) in [4.78, 5) is 9.87. The number of benzene rings is 1. The van der Waals surface area contributed by atoms with Gasteiger partial charge >= 0.3 is 0 Å². The van der Waals surface area contributed by atoms with Gasteiger partial charge in [0.15, 0.2) is 0 Å². The van der Waals surface area contributed by atoms with Crippen LogP contribution in [0.25, 0.3) is 0 Å². The third-order valence-corrected chi connectivity index (χ3v) is 2.01. The quantitative estimate of drug-likeness (QED) is 0.557. The minimum Gasteiger partial charge on any atom is -0.391 e. The van der Waals surface area contributed by atoms with Crippen LogP contribution in [0.3, 0.4) is 0 Å². The first-order valence-corrected chi connectivity index (χ1v) is 4.20. The van der Waals surface area contributed by atoms with Crippen molar-refractivity contribution in [1.82, 2.24) is 0 Å². The lowest BCUT2D eigenvalue weighted by atomic mass is 10.0. The predicted molar refractivity (Wildman–Crippen MR) is 51.7 cm³/mol. The summed E-state index contributed by atoms with van der Waals surface area (Å²) in [7, 11) is 0. The van der Waals surface area contributed by atoms with E-state index in [1.165, 1.54) is 12.1 Å².